The lowest BCUT2D eigenvalue weighted by Crippen LogP contribution is -2.40. The van der Waals surface area contributed by atoms with E-state index in [1.165, 1.54) is 12.8 Å². The van der Waals surface area contributed by atoms with E-state index in [4.69, 9.17) is 10.2 Å². The fraction of sp³-hybridized carbons (Fsp3) is 0.375. The average Bonchev–Trinajstić information content (AvgIpc) is 2.97. The second kappa shape index (κ2) is 5.69. The standard InChI is InChI=1S/C16H19N3O2/c17-10-16(5-2-6-16)8-15(20)19-13-4-1-3-12(7-13)14-9-18-11-21-14/h1,3-4,7,9,11H,2,5-6,8,10,17H2,(H,19,20). The van der Waals surface area contributed by atoms with Crippen molar-refractivity contribution in [2.45, 2.75) is 25.7 Å². The number of nitrogens with zero attached hydrogens (tertiary/aromatic N) is 1. The number of anilines is 1. The fourth-order valence-corrected chi connectivity index (χ4v) is 2.78. The number of hydrogen-bond acceptors (Lipinski definition) is 4. The Hall–Kier alpha value is -2.14. The van der Waals surface area contributed by atoms with Crippen LogP contribution in [0, 0.1) is 5.41 Å². The number of amides is 1. The van der Waals surface area contributed by atoms with E-state index in [2.05, 4.69) is 10.3 Å². The van der Waals surface area contributed by atoms with Gasteiger partial charge >= 0.3 is 0 Å². The number of hydrogen-bond donors (Lipinski definition) is 2. The van der Waals surface area contributed by atoms with Crippen molar-refractivity contribution >= 4 is 11.6 Å². The van der Waals surface area contributed by atoms with Crippen LogP contribution in [0.5, 0.6) is 0 Å². The Balaban J connectivity index is 1.67. The summed E-state index contributed by atoms with van der Waals surface area (Å²) in [6.45, 7) is 0.582. The molecule has 0 saturated heterocycles. The molecule has 2 aromatic rings. The van der Waals surface area contributed by atoms with Crippen LogP contribution in [0.2, 0.25) is 0 Å². The van der Waals surface area contributed by atoms with Crippen LogP contribution in [-0.4, -0.2) is 17.4 Å². The lowest BCUT2D eigenvalue weighted by atomic mass is 9.66. The van der Waals surface area contributed by atoms with Crippen molar-refractivity contribution in [2.75, 3.05) is 11.9 Å². The van der Waals surface area contributed by atoms with Crippen molar-refractivity contribution in [3.05, 3.63) is 36.9 Å². The molecule has 1 heterocycles. The lowest BCUT2D eigenvalue weighted by molar-refractivity contribution is -0.119. The Morgan fingerprint density at radius 2 is 2.29 bits per heavy atom. The Morgan fingerprint density at radius 1 is 1.43 bits per heavy atom. The van der Waals surface area contributed by atoms with Crippen molar-refractivity contribution in [1.29, 1.82) is 0 Å². The van der Waals surface area contributed by atoms with E-state index < -0.39 is 0 Å². The molecule has 21 heavy (non-hydrogen) atoms. The Labute approximate surface area is 123 Å². The Kier molecular flexibility index (Phi) is 3.75. The highest BCUT2D eigenvalue weighted by molar-refractivity contribution is 5.91. The van der Waals surface area contributed by atoms with Gasteiger partial charge in [-0.3, -0.25) is 4.79 Å². The molecular weight excluding hydrogens is 266 g/mol. The minimum Gasteiger partial charge on any atom is -0.444 e. The molecule has 0 unspecified atom stereocenters. The van der Waals surface area contributed by atoms with Gasteiger partial charge in [0.15, 0.2) is 12.2 Å². The summed E-state index contributed by atoms with van der Waals surface area (Å²) in [7, 11) is 0. The van der Waals surface area contributed by atoms with Crippen molar-refractivity contribution in [3.63, 3.8) is 0 Å². The third-order valence-corrected chi connectivity index (χ3v) is 4.25. The molecule has 0 atom stereocenters. The maximum absolute atomic E-state index is 12.2. The van der Waals surface area contributed by atoms with Gasteiger partial charge in [0, 0.05) is 17.7 Å². The summed E-state index contributed by atoms with van der Waals surface area (Å²) in [5.74, 6) is 0.707. The van der Waals surface area contributed by atoms with Crippen LogP contribution >= 0.6 is 0 Å². The van der Waals surface area contributed by atoms with E-state index in [1.807, 2.05) is 24.3 Å². The molecule has 1 fully saturated rings. The van der Waals surface area contributed by atoms with Gasteiger partial charge in [-0.2, -0.15) is 0 Å². The van der Waals surface area contributed by atoms with Gasteiger partial charge in [0.05, 0.1) is 6.20 Å². The van der Waals surface area contributed by atoms with Gasteiger partial charge < -0.3 is 15.5 Å². The Bertz CT molecular complexity index is 613. The van der Waals surface area contributed by atoms with E-state index in [0.29, 0.717) is 18.7 Å². The van der Waals surface area contributed by atoms with Crippen LogP contribution in [0.15, 0.2) is 41.3 Å². The molecule has 3 rings (SSSR count). The summed E-state index contributed by atoms with van der Waals surface area (Å²) in [5, 5.41) is 2.95. The second-order valence-corrected chi connectivity index (χ2v) is 5.73. The van der Waals surface area contributed by atoms with Gasteiger partial charge in [0.1, 0.15) is 0 Å². The first kappa shape index (κ1) is 13.8. The normalized spacial score (nSPS) is 16.2. The molecule has 1 aromatic heterocycles. The third-order valence-electron chi connectivity index (χ3n) is 4.25. The second-order valence-electron chi connectivity index (χ2n) is 5.73. The van der Waals surface area contributed by atoms with Crippen LogP contribution in [0.3, 0.4) is 0 Å². The molecule has 1 aromatic carbocycles. The SMILES string of the molecule is NCC1(CC(=O)Nc2cccc(-c3cnco3)c2)CCC1. The largest absolute Gasteiger partial charge is 0.444 e. The van der Waals surface area contributed by atoms with E-state index in [0.717, 1.165) is 24.1 Å². The van der Waals surface area contributed by atoms with Crippen molar-refractivity contribution in [3.8, 4) is 11.3 Å². The number of nitrogens with one attached hydrogen (secondary N) is 1. The quantitative estimate of drug-likeness (QED) is 0.885. The molecule has 5 heteroatoms. The first-order chi connectivity index (χ1) is 10.2. The lowest BCUT2D eigenvalue weighted by Gasteiger charge is -2.40. The Morgan fingerprint density at radius 3 is 2.90 bits per heavy atom. The smallest absolute Gasteiger partial charge is 0.224 e. The maximum Gasteiger partial charge on any atom is 0.224 e. The molecule has 110 valence electrons. The maximum atomic E-state index is 12.2. The third kappa shape index (κ3) is 2.97. The van der Waals surface area contributed by atoms with Crippen LogP contribution in [0.25, 0.3) is 11.3 Å². The first-order valence-electron chi connectivity index (χ1n) is 7.20. The summed E-state index contributed by atoms with van der Waals surface area (Å²) in [6.07, 6.45) is 6.81. The van der Waals surface area contributed by atoms with E-state index >= 15 is 0 Å². The van der Waals surface area contributed by atoms with Gasteiger partial charge in [-0.25, -0.2) is 4.98 Å². The van der Waals surface area contributed by atoms with Crippen molar-refractivity contribution < 1.29 is 9.21 Å². The summed E-state index contributed by atoms with van der Waals surface area (Å²) < 4.78 is 5.26. The van der Waals surface area contributed by atoms with Gasteiger partial charge in [-0.15, -0.1) is 0 Å². The van der Waals surface area contributed by atoms with Crippen LogP contribution in [0.4, 0.5) is 5.69 Å². The van der Waals surface area contributed by atoms with Gasteiger partial charge in [0.2, 0.25) is 5.91 Å². The number of oxazole rings is 1. The fourth-order valence-electron chi connectivity index (χ4n) is 2.78. The molecular formula is C16H19N3O2. The van der Waals surface area contributed by atoms with Gasteiger partial charge in [-0.05, 0) is 36.9 Å². The molecule has 0 radical (unpaired) electrons. The molecule has 1 aliphatic carbocycles. The van der Waals surface area contributed by atoms with Crippen molar-refractivity contribution in [2.24, 2.45) is 11.1 Å². The van der Waals surface area contributed by atoms with Crippen molar-refractivity contribution in [1.82, 2.24) is 4.98 Å². The summed E-state index contributed by atoms with van der Waals surface area (Å²) in [4.78, 5) is 16.1. The van der Waals surface area contributed by atoms with Crippen LogP contribution in [0.1, 0.15) is 25.7 Å². The summed E-state index contributed by atoms with van der Waals surface area (Å²) in [6, 6.07) is 7.56. The van der Waals surface area contributed by atoms with E-state index in [-0.39, 0.29) is 11.3 Å². The summed E-state index contributed by atoms with van der Waals surface area (Å²) in [5.41, 5.74) is 7.48. The molecule has 5 nitrogen and oxygen atoms in total. The highest BCUT2D eigenvalue weighted by atomic mass is 16.3. The van der Waals surface area contributed by atoms with Crippen LogP contribution < -0.4 is 11.1 Å². The number of nitrogens with two attached hydrogens (primary N) is 1. The number of rotatable bonds is 5. The van der Waals surface area contributed by atoms with Crippen LogP contribution in [-0.2, 0) is 4.79 Å². The van der Waals surface area contributed by atoms with Gasteiger partial charge in [-0.1, -0.05) is 18.6 Å². The number of carbonyl (C=O) groups is 1. The predicted molar refractivity (Wildman–Crippen MR) is 80.5 cm³/mol. The highest BCUT2D eigenvalue weighted by Crippen LogP contribution is 2.43. The topological polar surface area (TPSA) is 81.2 Å². The predicted octanol–water partition coefficient (Wildman–Crippen LogP) is 2.80. The molecule has 0 bridgehead atoms. The molecule has 0 aliphatic heterocycles. The molecule has 0 spiro atoms. The van der Waals surface area contributed by atoms with E-state index in [9.17, 15) is 4.79 Å². The average molecular weight is 285 g/mol. The first-order valence-corrected chi connectivity index (χ1v) is 7.20. The zero-order chi connectivity index (χ0) is 14.7. The molecule has 1 aliphatic rings. The summed E-state index contributed by atoms with van der Waals surface area (Å²) >= 11 is 0. The number of benzene rings is 1. The molecule has 1 amide bonds. The number of carbonyl (C=O) groups excluding carboxylic acids is 1. The van der Waals surface area contributed by atoms with Gasteiger partial charge in [0.25, 0.3) is 0 Å². The molecule has 3 N–H and O–H groups in total. The minimum atomic E-state index is 0.0205. The zero-order valence-electron chi connectivity index (χ0n) is 11.8. The van der Waals surface area contributed by atoms with E-state index in [1.54, 1.807) is 6.20 Å². The zero-order valence-corrected chi connectivity index (χ0v) is 11.8. The highest BCUT2D eigenvalue weighted by Gasteiger charge is 2.37. The molecule has 1 saturated carbocycles. The number of aromatic nitrogens is 1. The minimum absolute atomic E-state index is 0.0205. The monoisotopic (exact) mass is 285 g/mol.